The second-order valence-corrected chi connectivity index (χ2v) is 7.79. The molecule has 0 saturated carbocycles. The van der Waals surface area contributed by atoms with E-state index in [1.807, 2.05) is 80.5 Å². The zero-order valence-corrected chi connectivity index (χ0v) is 14.7. The van der Waals surface area contributed by atoms with Crippen molar-refractivity contribution < 1.29 is 8.42 Å². The van der Waals surface area contributed by atoms with Gasteiger partial charge in [-0.1, -0.05) is 60.2 Å². The van der Waals surface area contributed by atoms with Crippen LogP contribution < -0.4 is 4.72 Å². The van der Waals surface area contributed by atoms with Crippen molar-refractivity contribution in [3.63, 3.8) is 0 Å². The Morgan fingerprint density at radius 2 is 1.61 bits per heavy atom. The zero-order chi connectivity index (χ0) is 16.9. The maximum atomic E-state index is 12.3. The standard InChI is InChI=1S/C18H24N2O2S/c1-15-9-11-16(12-10-15)14-23(21,22)19-13-18(20(2)3)17-7-5-4-6-8-17/h4-12,18-19H,13-14H2,1-3H3. The lowest BCUT2D eigenvalue weighted by Crippen LogP contribution is -2.35. The van der Waals surface area contributed by atoms with Crippen LogP contribution in [0, 0.1) is 6.92 Å². The number of hydrogen-bond donors (Lipinski definition) is 1. The molecule has 1 atom stereocenters. The van der Waals surface area contributed by atoms with Crippen LogP contribution in [0.15, 0.2) is 54.6 Å². The van der Waals surface area contributed by atoms with Crippen molar-refractivity contribution in [3.05, 3.63) is 71.3 Å². The zero-order valence-electron chi connectivity index (χ0n) is 13.9. The van der Waals surface area contributed by atoms with Gasteiger partial charge >= 0.3 is 0 Å². The molecule has 1 N–H and O–H groups in total. The molecule has 0 spiro atoms. The molecule has 23 heavy (non-hydrogen) atoms. The van der Waals surface area contributed by atoms with Gasteiger partial charge in [0.15, 0.2) is 0 Å². The quantitative estimate of drug-likeness (QED) is 0.848. The van der Waals surface area contributed by atoms with Gasteiger partial charge in [-0.15, -0.1) is 0 Å². The summed E-state index contributed by atoms with van der Waals surface area (Å²) in [6.45, 7) is 2.34. The van der Waals surface area contributed by atoms with Crippen molar-refractivity contribution in [2.45, 2.75) is 18.7 Å². The van der Waals surface area contributed by atoms with Crippen LogP contribution in [-0.4, -0.2) is 34.0 Å². The topological polar surface area (TPSA) is 49.4 Å². The third-order valence-electron chi connectivity index (χ3n) is 3.78. The molecule has 0 aliphatic carbocycles. The molecule has 0 heterocycles. The van der Waals surface area contributed by atoms with Gasteiger partial charge in [-0.2, -0.15) is 0 Å². The molecule has 2 aromatic carbocycles. The number of nitrogens with zero attached hydrogens (tertiary/aromatic N) is 1. The summed E-state index contributed by atoms with van der Waals surface area (Å²) < 4.78 is 27.4. The lowest BCUT2D eigenvalue weighted by Gasteiger charge is -2.25. The summed E-state index contributed by atoms with van der Waals surface area (Å²) in [6.07, 6.45) is 0. The molecule has 0 saturated heterocycles. The Kier molecular flexibility index (Phi) is 5.93. The van der Waals surface area contributed by atoms with Crippen LogP contribution in [0.1, 0.15) is 22.7 Å². The predicted molar refractivity (Wildman–Crippen MR) is 94.7 cm³/mol. The molecule has 2 aromatic rings. The average molecular weight is 332 g/mol. The summed E-state index contributed by atoms with van der Waals surface area (Å²) >= 11 is 0. The summed E-state index contributed by atoms with van der Waals surface area (Å²) in [5, 5.41) is 0. The molecule has 0 aromatic heterocycles. The van der Waals surface area contributed by atoms with Gasteiger partial charge in [0.05, 0.1) is 5.75 Å². The monoisotopic (exact) mass is 332 g/mol. The lowest BCUT2D eigenvalue weighted by molar-refractivity contribution is 0.299. The summed E-state index contributed by atoms with van der Waals surface area (Å²) in [5.41, 5.74) is 3.01. The molecule has 0 fully saturated rings. The molecular weight excluding hydrogens is 308 g/mol. The van der Waals surface area contributed by atoms with Crippen LogP contribution in [0.3, 0.4) is 0 Å². The first-order valence-electron chi connectivity index (χ1n) is 7.61. The van der Waals surface area contributed by atoms with Gasteiger partial charge in [-0.3, -0.25) is 0 Å². The Balaban J connectivity index is 2.03. The van der Waals surface area contributed by atoms with Gasteiger partial charge in [0.1, 0.15) is 0 Å². The molecule has 1 unspecified atom stereocenters. The highest BCUT2D eigenvalue weighted by Gasteiger charge is 2.18. The van der Waals surface area contributed by atoms with Crippen molar-refractivity contribution >= 4 is 10.0 Å². The molecule has 0 aliphatic heterocycles. The van der Waals surface area contributed by atoms with Crippen molar-refractivity contribution in [3.8, 4) is 0 Å². The minimum Gasteiger partial charge on any atom is -0.301 e. The van der Waals surface area contributed by atoms with Crippen molar-refractivity contribution in [2.24, 2.45) is 0 Å². The first-order valence-corrected chi connectivity index (χ1v) is 9.27. The van der Waals surface area contributed by atoms with E-state index in [1.54, 1.807) is 0 Å². The molecule has 0 radical (unpaired) electrons. The maximum absolute atomic E-state index is 12.3. The van der Waals surface area contributed by atoms with Crippen molar-refractivity contribution in [1.82, 2.24) is 9.62 Å². The minimum atomic E-state index is -3.36. The number of hydrogen-bond acceptors (Lipinski definition) is 3. The third-order valence-corrected chi connectivity index (χ3v) is 5.10. The Bertz CT molecular complexity index is 710. The first-order chi connectivity index (χ1) is 10.9. The average Bonchev–Trinajstić information content (AvgIpc) is 2.50. The number of nitrogens with one attached hydrogen (secondary N) is 1. The molecule has 0 aliphatic rings. The highest BCUT2D eigenvalue weighted by molar-refractivity contribution is 7.88. The number of benzene rings is 2. The third kappa shape index (κ3) is 5.46. The van der Waals surface area contributed by atoms with Gasteiger partial charge < -0.3 is 4.90 Å². The SMILES string of the molecule is Cc1ccc(CS(=O)(=O)NCC(c2ccccc2)N(C)C)cc1. The number of sulfonamides is 1. The van der Waals surface area contributed by atoms with Crippen LogP contribution in [0.25, 0.3) is 0 Å². The van der Waals surface area contributed by atoms with E-state index in [-0.39, 0.29) is 11.8 Å². The van der Waals surface area contributed by atoms with Crippen LogP contribution >= 0.6 is 0 Å². The Labute approximate surface area is 139 Å². The smallest absolute Gasteiger partial charge is 0.215 e. The van der Waals surface area contributed by atoms with Crippen molar-refractivity contribution in [2.75, 3.05) is 20.6 Å². The Hall–Kier alpha value is -1.69. The molecule has 4 nitrogen and oxygen atoms in total. The Morgan fingerprint density at radius 3 is 2.17 bits per heavy atom. The maximum Gasteiger partial charge on any atom is 0.215 e. The first kappa shape index (κ1) is 17.7. The van der Waals surface area contributed by atoms with Crippen LogP contribution in [0.4, 0.5) is 0 Å². The lowest BCUT2D eigenvalue weighted by atomic mass is 10.1. The molecule has 2 rings (SSSR count). The van der Waals surface area contributed by atoms with Gasteiger partial charge in [0.2, 0.25) is 10.0 Å². The highest BCUT2D eigenvalue weighted by Crippen LogP contribution is 2.17. The number of aryl methyl sites for hydroxylation is 1. The van der Waals surface area contributed by atoms with Gasteiger partial charge in [-0.05, 0) is 32.1 Å². The Morgan fingerprint density at radius 1 is 1.00 bits per heavy atom. The van der Waals surface area contributed by atoms with Crippen LogP contribution in [-0.2, 0) is 15.8 Å². The van der Waals surface area contributed by atoms with E-state index in [9.17, 15) is 8.42 Å². The van der Waals surface area contributed by atoms with E-state index in [0.717, 1.165) is 16.7 Å². The predicted octanol–water partition coefficient (Wildman–Crippen LogP) is 2.72. The molecule has 124 valence electrons. The van der Waals surface area contributed by atoms with Gasteiger partial charge in [0, 0.05) is 12.6 Å². The van der Waals surface area contributed by atoms with Gasteiger partial charge in [-0.25, -0.2) is 13.1 Å². The van der Waals surface area contributed by atoms with E-state index < -0.39 is 10.0 Å². The van der Waals surface area contributed by atoms with E-state index in [2.05, 4.69) is 4.72 Å². The van der Waals surface area contributed by atoms with Crippen LogP contribution in [0.2, 0.25) is 0 Å². The fourth-order valence-corrected chi connectivity index (χ4v) is 3.58. The number of rotatable bonds is 7. The molecule has 5 heteroatoms. The summed E-state index contributed by atoms with van der Waals surface area (Å²) in [4.78, 5) is 2.02. The fourth-order valence-electron chi connectivity index (χ4n) is 2.43. The molecule has 0 bridgehead atoms. The van der Waals surface area contributed by atoms with E-state index in [0.29, 0.717) is 6.54 Å². The second-order valence-electron chi connectivity index (χ2n) is 5.98. The second kappa shape index (κ2) is 7.73. The molecular formula is C18H24N2O2S. The summed E-state index contributed by atoms with van der Waals surface area (Å²) in [7, 11) is 0.540. The number of likely N-dealkylation sites (N-methyl/N-ethyl adjacent to an activating group) is 1. The van der Waals surface area contributed by atoms with E-state index >= 15 is 0 Å². The summed E-state index contributed by atoms with van der Waals surface area (Å²) in [5.74, 6) is 0.00220. The molecule has 0 amide bonds. The minimum absolute atomic E-state index is 0.00220. The van der Waals surface area contributed by atoms with E-state index in [1.165, 1.54) is 0 Å². The van der Waals surface area contributed by atoms with Crippen LogP contribution in [0.5, 0.6) is 0 Å². The van der Waals surface area contributed by atoms with E-state index in [4.69, 9.17) is 0 Å². The van der Waals surface area contributed by atoms with Gasteiger partial charge in [0.25, 0.3) is 0 Å². The summed E-state index contributed by atoms with van der Waals surface area (Å²) in [6, 6.07) is 17.5. The fraction of sp³-hybridized carbons (Fsp3) is 0.333. The normalized spacial score (nSPS) is 13.2. The van der Waals surface area contributed by atoms with Crippen molar-refractivity contribution in [1.29, 1.82) is 0 Å². The largest absolute Gasteiger partial charge is 0.301 e. The highest BCUT2D eigenvalue weighted by atomic mass is 32.2.